The maximum atomic E-state index is 11.1. The second kappa shape index (κ2) is 23.3. The van der Waals surface area contributed by atoms with E-state index in [1.54, 1.807) is 6.92 Å². The van der Waals surface area contributed by atoms with E-state index in [0.29, 0.717) is 0 Å². The Labute approximate surface area is 190 Å². The van der Waals surface area contributed by atoms with Gasteiger partial charge in [0.05, 0.1) is 13.2 Å². The van der Waals surface area contributed by atoms with Gasteiger partial charge in [0.2, 0.25) is 0 Å². The molecule has 158 valence electrons. The van der Waals surface area contributed by atoms with Crippen molar-refractivity contribution < 1.29 is 53.1 Å². The molecular weight excluding hydrogens is 374 g/mol. The van der Waals surface area contributed by atoms with Crippen LogP contribution >= 0.6 is 7.82 Å². The molecule has 0 radical (unpaired) electrons. The number of phosphoric acid groups is 1. The van der Waals surface area contributed by atoms with Gasteiger partial charge in [-0.05, 0) is 13.3 Å². The van der Waals surface area contributed by atoms with Gasteiger partial charge in [-0.3, -0.25) is 4.57 Å². The zero-order chi connectivity index (χ0) is 19.3. The SMILES string of the molecule is CCCCCCCCCCCCCCCCCCOOP(=O)([O-])OCC.[Na+]. The average Bonchev–Trinajstić information content (AvgIpc) is 2.60. The van der Waals surface area contributed by atoms with Crippen LogP contribution in [0.15, 0.2) is 0 Å². The Morgan fingerprint density at radius 1 is 0.667 bits per heavy atom. The van der Waals surface area contributed by atoms with Crippen LogP contribution in [0.1, 0.15) is 117 Å². The molecule has 0 fully saturated rings. The van der Waals surface area contributed by atoms with Crippen LogP contribution < -0.4 is 34.5 Å². The van der Waals surface area contributed by atoms with Gasteiger partial charge < -0.3 is 9.42 Å². The summed E-state index contributed by atoms with van der Waals surface area (Å²) in [6, 6.07) is 0. The van der Waals surface area contributed by atoms with Gasteiger partial charge in [0.25, 0.3) is 7.82 Å². The second-order valence-corrected chi connectivity index (χ2v) is 8.37. The van der Waals surface area contributed by atoms with Crippen molar-refractivity contribution in [1.82, 2.24) is 0 Å². The topological polar surface area (TPSA) is 67.8 Å². The van der Waals surface area contributed by atoms with Crippen LogP contribution in [0.5, 0.6) is 0 Å². The minimum atomic E-state index is -4.26. The fourth-order valence-corrected chi connectivity index (χ4v) is 3.55. The zero-order valence-electron chi connectivity index (χ0n) is 18.2. The predicted molar refractivity (Wildman–Crippen MR) is 106 cm³/mol. The average molecular weight is 417 g/mol. The predicted octanol–water partition coefficient (Wildman–Crippen LogP) is 3.71. The minimum Gasteiger partial charge on any atom is -0.754 e. The molecule has 0 aromatic heterocycles. The summed E-state index contributed by atoms with van der Waals surface area (Å²) in [7, 11) is -4.26. The van der Waals surface area contributed by atoms with Crippen molar-refractivity contribution in [2.75, 3.05) is 13.2 Å². The van der Waals surface area contributed by atoms with Gasteiger partial charge >= 0.3 is 29.6 Å². The van der Waals surface area contributed by atoms with Crippen LogP contribution in [0, 0.1) is 0 Å². The molecule has 1 atom stereocenters. The van der Waals surface area contributed by atoms with Gasteiger partial charge in [-0.25, -0.2) is 4.89 Å². The van der Waals surface area contributed by atoms with E-state index in [1.165, 1.54) is 89.9 Å². The molecule has 0 heterocycles. The monoisotopic (exact) mass is 416 g/mol. The summed E-state index contributed by atoms with van der Waals surface area (Å²) in [6.45, 7) is 4.20. The number of hydrogen-bond donors (Lipinski definition) is 0. The third kappa shape index (κ3) is 25.0. The normalized spacial score (nSPS) is 13.3. The van der Waals surface area contributed by atoms with Gasteiger partial charge in [-0.2, -0.15) is 4.67 Å². The summed E-state index contributed by atoms with van der Waals surface area (Å²) in [5, 5.41) is 0. The van der Waals surface area contributed by atoms with E-state index >= 15 is 0 Å². The Morgan fingerprint density at radius 2 is 1.04 bits per heavy atom. The quantitative estimate of drug-likeness (QED) is 0.0938. The van der Waals surface area contributed by atoms with Gasteiger partial charge in [-0.1, -0.05) is 103 Å². The van der Waals surface area contributed by atoms with E-state index in [9.17, 15) is 9.46 Å². The van der Waals surface area contributed by atoms with Crippen molar-refractivity contribution in [2.24, 2.45) is 0 Å². The molecule has 0 spiro atoms. The summed E-state index contributed by atoms with van der Waals surface area (Å²) < 4.78 is 19.7. The molecule has 0 amide bonds. The van der Waals surface area contributed by atoms with Gasteiger partial charge in [0.15, 0.2) is 0 Å². The summed E-state index contributed by atoms with van der Waals surface area (Å²) in [5.41, 5.74) is 0. The first-order valence-electron chi connectivity index (χ1n) is 10.9. The van der Waals surface area contributed by atoms with Crippen LogP contribution in [-0.4, -0.2) is 13.2 Å². The summed E-state index contributed by atoms with van der Waals surface area (Å²) in [6.07, 6.45) is 20.9. The molecule has 0 aromatic carbocycles. The molecule has 1 unspecified atom stereocenters. The van der Waals surface area contributed by atoms with Crippen LogP contribution in [0.4, 0.5) is 0 Å². The van der Waals surface area contributed by atoms with Crippen LogP contribution in [0.3, 0.4) is 0 Å². The standard InChI is InChI=1S/C20H43O5P.Na/c1-3-5-6-7-8-9-10-11-12-13-14-15-16-17-18-19-20-23-25-26(21,22)24-4-2;/h3-20H2,1-2H3,(H,21,22);/q;+1/p-1. The van der Waals surface area contributed by atoms with Crippen LogP contribution in [0.25, 0.3) is 0 Å². The smallest absolute Gasteiger partial charge is 0.754 e. The fraction of sp³-hybridized carbons (Fsp3) is 1.00. The molecule has 0 saturated heterocycles. The third-order valence-corrected chi connectivity index (χ3v) is 5.37. The molecule has 27 heavy (non-hydrogen) atoms. The Balaban J connectivity index is 0. The van der Waals surface area contributed by atoms with E-state index in [-0.39, 0.29) is 42.8 Å². The number of rotatable bonds is 21. The van der Waals surface area contributed by atoms with Crippen LogP contribution in [-0.2, 0) is 18.7 Å². The second-order valence-electron chi connectivity index (χ2n) is 7.06. The van der Waals surface area contributed by atoms with E-state index in [2.05, 4.69) is 21.0 Å². The van der Waals surface area contributed by atoms with E-state index in [4.69, 9.17) is 0 Å². The molecule has 0 N–H and O–H groups in total. The largest absolute Gasteiger partial charge is 1.00 e. The maximum absolute atomic E-state index is 11.1. The maximum Gasteiger partial charge on any atom is 1.00 e. The summed E-state index contributed by atoms with van der Waals surface area (Å²) in [5.74, 6) is 0. The van der Waals surface area contributed by atoms with Crippen molar-refractivity contribution in [2.45, 2.75) is 117 Å². The number of phosphoric ester groups is 1. The van der Waals surface area contributed by atoms with E-state index in [1.807, 2.05) is 0 Å². The van der Waals surface area contributed by atoms with Crippen molar-refractivity contribution >= 4 is 7.82 Å². The first kappa shape index (κ1) is 30.3. The first-order valence-corrected chi connectivity index (χ1v) is 12.3. The van der Waals surface area contributed by atoms with Crippen LogP contribution in [0.2, 0.25) is 0 Å². The Morgan fingerprint density at radius 3 is 1.41 bits per heavy atom. The molecule has 7 heteroatoms. The molecule has 0 saturated carbocycles. The molecule has 0 bridgehead atoms. The fourth-order valence-electron chi connectivity index (χ4n) is 2.99. The Kier molecular flexibility index (Phi) is 26.2. The van der Waals surface area contributed by atoms with E-state index < -0.39 is 7.82 Å². The van der Waals surface area contributed by atoms with Crippen molar-refractivity contribution in [3.63, 3.8) is 0 Å². The number of hydrogen-bond acceptors (Lipinski definition) is 5. The van der Waals surface area contributed by atoms with E-state index in [0.717, 1.165) is 12.8 Å². The Hall–Kier alpha value is 1.07. The molecule has 5 nitrogen and oxygen atoms in total. The minimum absolute atomic E-state index is 0. The van der Waals surface area contributed by atoms with Crippen molar-refractivity contribution in [3.8, 4) is 0 Å². The Bertz CT molecular complexity index is 331. The molecule has 0 aliphatic heterocycles. The van der Waals surface area contributed by atoms with Gasteiger partial charge in [0, 0.05) is 0 Å². The molecule has 0 aliphatic rings. The van der Waals surface area contributed by atoms with Crippen molar-refractivity contribution in [3.05, 3.63) is 0 Å². The molecule has 0 aliphatic carbocycles. The first-order chi connectivity index (χ1) is 12.6. The zero-order valence-corrected chi connectivity index (χ0v) is 21.1. The number of unbranched alkanes of at least 4 members (excludes halogenated alkanes) is 15. The van der Waals surface area contributed by atoms with Gasteiger partial charge in [-0.15, -0.1) is 0 Å². The summed E-state index contributed by atoms with van der Waals surface area (Å²) in [4.78, 5) is 15.7. The van der Waals surface area contributed by atoms with Gasteiger partial charge in [0.1, 0.15) is 0 Å². The summed E-state index contributed by atoms with van der Waals surface area (Å²) >= 11 is 0. The molecule has 0 aromatic rings. The third-order valence-electron chi connectivity index (χ3n) is 4.51. The van der Waals surface area contributed by atoms with Crippen molar-refractivity contribution in [1.29, 1.82) is 0 Å². The molecular formula is C20H42NaO5P. The molecule has 0 rings (SSSR count).